The molecular weight excluding hydrogens is 242 g/mol. The molecule has 0 aliphatic heterocycles. The summed E-state index contributed by atoms with van der Waals surface area (Å²) in [4.78, 5) is 13.4. The average Bonchev–Trinajstić information content (AvgIpc) is 2.12. The third-order valence-electron chi connectivity index (χ3n) is 2.51. The topological polar surface area (TPSA) is 38.8 Å². The molecule has 0 aliphatic carbocycles. The zero-order valence-corrected chi connectivity index (χ0v) is 13.9. The summed E-state index contributed by atoms with van der Waals surface area (Å²) in [5, 5.41) is 0. The van der Waals surface area contributed by atoms with Crippen LogP contribution < -0.4 is 0 Å². The molecule has 0 aromatic heterocycles. The van der Waals surface area contributed by atoms with E-state index in [2.05, 4.69) is 13.8 Å². The molecular formula is C15H31NO3. The number of ether oxygens (including phenoxy) is 2. The van der Waals surface area contributed by atoms with Crippen LogP contribution in [0.25, 0.3) is 0 Å². The van der Waals surface area contributed by atoms with Gasteiger partial charge < -0.3 is 14.4 Å². The van der Waals surface area contributed by atoms with Gasteiger partial charge in [-0.15, -0.1) is 0 Å². The predicted octanol–water partition coefficient (Wildman–Crippen LogP) is 3.69. The van der Waals surface area contributed by atoms with Gasteiger partial charge in [0.15, 0.2) is 0 Å². The fourth-order valence-corrected chi connectivity index (χ4v) is 1.59. The molecule has 0 bridgehead atoms. The first kappa shape index (κ1) is 18.2. The highest BCUT2D eigenvalue weighted by molar-refractivity contribution is 5.67. The molecule has 0 saturated heterocycles. The number of rotatable bonds is 6. The summed E-state index contributed by atoms with van der Waals surface area (Å²) >= 11 is 0. The van der Waals surface area contributed by atoms with Crippen molar-refractivity contribution in [1.82, 2.24) is 4.90 Å². The van der Waals surface area contributed by atoms with E-state index in [1.807, 2.05) is 34.6 Å². The van der Waals surface area contributed by atoms with Crippen LogP contribution in [0.5, 0.6) is 0 Å². The van der Waals surface area contributed by atoms with Gasteiger partial charge in [-0.25, -0.2) is 4.79 Å². The van der Waals surface area contributed by atoms with Crippen molar-refractivity contribution < 1.29 is 14.3 Å². The smallest absolute Gasteiger partial charge is 0.410 e. The molecule has 0 aliphatic rings. The van der Waals surface area contributed by atoms with Crippen LogP contribution in [-0.4, -0.2) is 42.4 Å². The number of hydrogen-bond acceptors (Lipinski definition) is 3. The molecule has 0 aromatic carbocycles. The molecule has 0 N–H and O–H groups in total. The predicted molar refractivity (Wildman–Crippen MR) is 78.4 cm³/mol. The third-order valence-corrected chi connectivity index (χ3v) is 2.51. The summed E-state index contributed by atoms with van der Waals surface area (Å²) in [6, 6.07) is 0. The van der Waals surface area contributed by atoms with Gasteiger partial charge in [0.2, 0.25) is 0 Å². The van der Waals surface area contributed by atoms with E-state index in [9.17, 15) is 4.79 Å². The maximum Gasteiger partial charge on any atom is 0.410 e. The van der Waals surface area contributed by atoms with Crippen molar-refractivity contribution in [3.63, 3.8) is 0 Å². The van der Waals surface area contributed by atoms with Gasteiger partial charge in [0.1, 0.15) is 5.60 Å². The zero-order chi connectivity index (χ0) is 15.3. The van der Waals surface area contributed by atoms with E-state index < -0.39 is 5.60 Å². The zero-order valence-electron chi connectivity index (χ0n) is 13.9. The SMILES string of the molecule is CC(C)CCOC(C)(C)CN(C)C(=O)OC(C)(C)C. The summed E-state index contributed by atoms with van der Waals surface area (Å²) < 4.78 is 11.2. The van der Waals surface area contributed by atoms with Gasteiger partial charge in [-0.2, -0.15) is 0 Å². The molecule has 0 spiro atoms. The van der Waals surface area contributed by atoms with Crippen molar-refractivity contribution in [3.05, 3.63) is 0 Å². The van der Waals surface area contributed by atoms with Crippen molar-refractivity contribution in [2.75, 3.05) is 20.2 Å². The largest absolute Gasteiger partial charge is 0.444 e. The number of carbonyl (C=O) groups is 1. The van der Waals surface area contributed by atoms with Crippen LogP contribution in [0.4, 0.5) is 4.79 Å². The lowest BCUT2D eigenvalue weighted by molar-refractivity contribution is -0.0454. The minimum Gasteiger partial charge on any atom is -0.444 e. The lowest BCUT2D eigenvalue weighted by Gasteiger charge is -2.32. The van der Waals surface area contributed by atoms with Crippen LogP contribution in [0.2, 0.25) is 0 Å². The molecule has 0 radical (unpaired) electrons. The average molecular weight is 273 g/mol. The number of carbonyl (C=O) groups excluding carboxylic acids is 1. The monoisotopic (exact) mass is 273 g/mol. The highest BCUT2D eigenvalue weighted by Gasteiger charge is 2.26. The molecule has 0 atom stereocenters. The molecule has 0 aromatic rings. The van der Waals surface area contributed by atoms with Crippen molar-refractivity contribution in [2.45, 2.75) is 66.1 Å². The molecule has 4 heteroatoms. The minimum atomic E-state index is -0.464. The van der Waals surface area contributed by atoms with Crippen molar-refractivity contribution in [2.24, 2.45) is 5.92 Å². The van der Waals surface area contributed by atoms with E-state index in [1.54, 1.807) is 11.9 Å². The first-order valence-electron chi connectivity index (χ1n) is 7.01. The molecule has 19 heavy (non-hydrogen) atoms. The van der Waals surface area contributed by atoms with Gasteiger partial charge in [0.25, 0.3) is 0 Å². The molecule has 0 rings (SSSR count). The van der Waals surface area contributed by atoms with Gasteiger partial charge in [-0.3, -0.25) is 0 Å². The number of likely N-dealkylation sites (N-methyl/N-ethyl adjacent to an activating group) is 1. The Kier molecular flexibility index (Phi) is 6.84. The van der Waals surface area contributed by atoms with Gasteiger partial charge in [0, 0.05) is 13.7 Å². The normalized spacial score (nSPS) is 12.7. The summed E-state index contributed by atoms with van der Waals surface area (Å²) in [7, 11) is 1.74. The first-order chi connectivity index (χ1) is 8.43. The molecule has 0 saturated carbocycles. The number of hydrogen-bond donors (Lipinski definition) is 0. The van der Waals surface area contributed by atoms with Crippen molar-refractivity contribution in [3.8, 4) is 0 Å². The minimum absolute atomic E-state index is 0.312. The van der Waals surface area contributed by atoms with Crippen LogP contribution >= 0.6 is 0 Å². The Morgan fingerprint density at radius 1 is 1.16 bits per heavy atom. The van der Waals surface area contributed by atoms with Gasteiger partial charge in [-0.1, -0.05) is 13.8 Å². The van der Waals surface area contributed by atoms with E-state index >= 15 is 0 Å². The van der Waals surface area contributed by atoms with E-state index in [4.69, 9.17) is 9.47 Å². The number of amides is 1. The Labute approximate surface area is 118 Å². The first-order valence-corrected chi connectivity index (χ1v) is 7.01. The van der Waals surface area contributed by atoms with E-state index in [-0.39, 0.29) is 11.7 Å². The van der Waals surface area contributed by atoms with Crippen LogP contribution in [0, 0.1) is 5.92 Å². The van der Waals surface area contributed by atoms with Gasteiger partial charge >= 0.3 is 6.09 Å². The maximum absolute atomic E-state index is 11.9. The fraction of sp³-hybridized carbons (Fsp3) is 0.933. The lowest BCUT2D eigenvalue weighted by atomic mass is 10.1. The van der Waals surface area contributed by atoms with Crippen LogP contribution in [0.3, 0.4) is 0 Å². The summed E-state index contributed by atoms with van der Waals surface area (Å²) in [6.45, 7) is 15.1. The molecule has 1 amide bonds. The Balaban J connectivity index is 4.21. The standard InChI is InChI=1S/C15H31NO3/c1-12(2)9-10-18-15(6,7)11-16(8)13(17)19-14(3,4)5/h12H,9-11H2,1-8H3. The second-order valence-electron chi connectivity index (χ2n) is 7.13. The lowest BCUT2D eigenvalue weighted by Crippen LogP contribution is -2.44. The summed E-state index contributed by atoms with van der Waals surface area (Å²) in [5.74, 6) is 0.624. The van der Waals surface area contributed by atoms with Crippen LogP contribution in [0.1, 0.15) is 54.9 Å². The summed E-state index contributed by atoms with van der Waals surface area (Å²) in [6.07, 6.45) is 0.715. The van der Waals surface area contributed by atoms with Gasteiger partial charge in [0.05, 0.1) is 12.1 Å². The summed E-state index contributed by atoms with van der Waals surface area (Å²) in [5.41, 5.74) is -0.825. The van der Waals surface area contributed by atoms with E-state index in [1.165, 1.54) is 0 Å². The molecule has 4 nitrogen and oxygen atoms in total. The quantitative estimate of drug-likeness (QED) is 0.740. The highest BCUT2D eigenvalue weighted by Crippen LogP contribution is 2.15. The van der Waals surface area contributed by atoms with Crippen LogP contribution in [-0.2, 0) is 9.47 Å². The number of nitrogens with zero attached hydrogens (tertiary/aromatic N) is 1. The van der Waals surface area contributed by atoms with E-state index in [0.29, 0.717) is 19.1 Å². The molecule has 0 heterocycles. The molecule has 0 unspecified atom stereocenters. The second kappa shape index (κ2) is 7.13. The Hall–Kier alpha value is -0.770. The Morgan fingerprint density at radius 3 is 2.11 bits per heavy atom. The van der Waals surface area contributed by atoms with Crippen LogP contribution in [0.15, 0.2) is 0 Å². The second-order valence-corrected chi connectivity index (χ2v) is 7.13. The third kappa shape index (κ3) is 9.77. The van der Waals surface area contributed by atoms with E-state index in [0.717, 1.165) is 6.42 Å². The molecule has 114 valence electrons. The molecule has 0 fully saturated rings. The Morgan fingerprint density at radius 2 is 1.68 bits per heavy atom. The van der Waals surface area contributed by atoms with Crippen molar-refractivity contribution in [1.29, 1.82) is 0 Å². The highest BCUT2D eigenvalue weighted by atomic mass is 16.6. The van der Waals surface area contributed by atoms with Gasteiger partial charge in [-0.05, 0) is 47.0 Å². The maximum atomic E-state index is 11.9. The Bertz CT molecular complexity index is 280. The van der Waals surface area contributed by atoms with Crippen molar-refractivity contribution >= 4 is 6.09 Å². The fourth-order valence-electron chi connectivity index (χ4n) is 1.59.